The van der Waals surface area contributed by atoms with Crippen LogP contribution in [-0.2, 0) is 5.41 Å². The quantitative estimate of drug-likeness (QED) is 0.171. The van der Waals surface area contributed by atoms with E-state index in [2.05, 4.69) is 166 Å². The molecular weight excluding hydrogens is 633 g/mol. The van der Waals surface area contributed by atoms with Gasteiger partial charge in [-0.1, -0.05) is 136 Å². The van der Waals surface area contributed by atoms with Crippen LogP contribution in [0.15, 0.2) is 152 Å². The largest absolute Gasteiger partial charge is 0.456 e. The molecule has 0 atom stereocenters. The van der Waals surface area contributed by atoms with Gasteiger partial charge in [0.05, 0.1) is 0 Å². The summed E-state index contributed by atoms with van der Waals surface area (Å²) >= 11 is 0. The maximum atomic E-state index is 6.69. The van der Waals surface area contributed by atoms with Gasteiger partial charge < -0.3 is 9.47 Å². The summed E-state index contributed by atoms with van der Waals surface area (Å²) in [6.45, 7) is 6.89. The summed E-state index contributed by atoms with van der Waals surface area (Å²) in [5.74, 6) is 3.60. The van der Waals surface area contributed by atoms with Gasteiger partial charge in [-0.3, -0.25) is 0 Å². The summed E-state index contributed by atoms with van der Waals surface area (Å²) < 4.78 is 13.2. The summed E-state index contributed by atoms with van der Waals surface area (Å²) in [6.07, 6.45) is 0. The highest BCUT2D eigenvalue weighted by Gasteiger charge is 2.26. The maximum absolute atomic E-state index is 6.69. The Balaban J connectivity index is 1.22. The Morgan fingerprint density at radius 2 is 0.942 bits per heavy atom. The molecule has 0 saturated heterocycles. The minimum Gasteiger partial charge on any atom is -0.456 e. The Morgan fingerprint density at radius 1 is 0.365 bits per heavy atom. The van der Waals surface area contributed by atoms with Gasteiger partial charge in [-0.2, -0.15) is 0 Å². The fraction of sp³-hybridized carbons (Fsp3) is 0.0800. The second kappa shape index (κ2) is 10.6. The highest BCUT2D eigenvalue weighted by Crippen LogP contribution is 2.53. The molecule has 0 radical (unpaired) electrons. The molecule has 9 aromatic rings. The smallest absolute Gasteiger partial charge is 0.135 e. The first-order valence-corrected chi connectivity index (χ1v) is 18.1. The molecule has 0 unspecified atom stereocenters. The van der Waals surface area contributed by atoms with E-state index in [9.17, 15) is 0 Å². The molecule has 2 heterocycles. The topological polar surface area (TPSA) is 18.5 Å². The van der Waals surface area contributed by atoms with Crippen LogP contribution in [0.2, 0.25) is 0 Å². The van der Waals surface area contributed by atoms with Crippen LogP contribution in [0.3, 0.4) is 0 Å². The molecule has 0 fully saturated rings. The van der Waals surface area contributed by atoms with E-state index in [4.69, 9.17) is 9.47 Å². The van der Waals surface area contributed by atoms with E-state index in [1.54, 1.807) is 0 Å². The molecule has 246 valence electrons. The molecule has 2 heteroatoms. The van der Waals surface area contributed by atoms with E-state index in [0.29, 0.717) is 0 Å². The Kier molecular flexibility index (Phi) is 5.97. The van der Waals surface area contributed by atoms with Crippen molar-refractivity contribution in [1.29, 1.82) is 0 Å². The van der Waals surface area contributed by atoms with Gasteiger partial charge in [0.2, 0.25) is 0 Å². The van der Waals surface area contributed by atoms with Gasteiger partial charge in [0.25, 0.3) is 0 Å². The van der Waals surface area contributed by atoms with Gasteiger partial charge >= 0.3 is 0 Å². The number of hydrogen-bond acceptors (Lipinski definition) is 2. The van der Waals surface area contributed by atoms with Gasteiger partial charge in [0, 0.05) is 21.9 Å². The van der Waals surface area contributed by atoms with E-state index in [-0.39, 0.29) is 5.41 Å². The fourth-order valence-corrected chi connectivity index (χ4v) is 8.76. The summed E-state index contributed by atoms with van der Waals surface area (Å²) in [5.41, 5.74) is 10.8. The lowest BCUT2D eigenvalue weighted by molar-refractivity contribution is 0.487. The van der Waals surface area contributed by atoms with Crippen LogP contribution >= 0.6 is 0 Å². The lowest BCUT2D eigenvalue weighted by Gasteiger charge is -2.26. The van der Waals surface area contributed by atoms with Crippen molar-refractivity contribution in [2.24, 2.45) is 0 Å². The second-order valence-electron chi connectivity index (χ2n) is 15.2. The summed E-state index contributed by atoms with van der Waals surface area (Å²) in [6, 6.07) is 55.1. The number of ether oxygens (including phenoxy) is 2. The zero-order valence-corrected chi connectivity index (χ0v) is 29.3. The van der Waals surface area contributed by atoms with Gasteiger partial charge in [-0.15, -0.1) is 0 Å². The zero-order valence-electron chi connectivity index (χ0n) is 29.3. The van der Waals surface area contributed by atoms with E-state index in [0.717, 1.165) is 45.1 Å². The van der Waals surface area contributed by atoms with E-state index in [1.807, 2.05) is 6.07 Å². The Bertz CT molecular complexity index is 2990. The van der Waals surface area contributed by atoms with Crippen molar-refractivity contribution in [2.45, 2.75) is 26.2 Å². The standard InChI is InChI=1S/C50H34O2/c1-50(2,3)31-22-24-40-41(28-31)48(39-26-25-38-32-13-6-7-18-42(32)51-44-20-10-17-37(39)49(38)44)36-15-5-4-14-35(36)46(40)30-21-23-33-34-16-8-11-29-12-9-19-43(47(29)34)52-45(33)27-30/h4-28H,1-3H3. The normalized spacial score (nSPS) is 12.8. The molecule has 0 bridgehead atoms. The molecule has 52 heavy (non-hydrogen) atoms. The molecule has 0 amide bonds. The van der Waals surface area contributed by atoms with E-state index < -0.39 is 0 Å². The zero-order chi connectivity index (χ0) is 34.7. The maximum Gasteiger partial charge on any atom is 0.135 e. The van der Waals surface area contributed by atoms with E-state index >= 15 is 0 Å². The average molecular weight is 667 g/mol. The molecular formula is C50H34O2. The molecule has 0 aliphatic carbocycles. The molecule has 0 spiro atoms. The van der Waals surface area contributed by atoms with Crippen molar-refractivity contribution < 1.29 is 9.47 Å². The van der Waals surface area contributed by atoms with Crippen molar-refractivity contribution in [3.05, 3.63) is 157 Å². The first kappa shape index (κ1) is 29.4. The van der Waals surface area contributed by atoms with Crippen molar-refractivity contribution in [1.82, 2.24) is 0 Å². The summed E-state index contributed by atoms with van der Waals surface area (Å²) in [4.78, 5) is 0. The highest BCUT2D eigenvalue weighted by atomic mass is 16.5. The van der Waals surface area contributed by atoms with Crippen LogP contribution in [0.1, 0.15) is 26.3 Å². The molecule has 2 aliphatic heterocycles. The van der Waals surface area contributed by atoms with Crippen molar-refractivity contribution in [2.75, 3.05) is 0 Å². The molecule has 0 aromatic heterocycles. The van der Waals surface area contributed by atoms with Crippen molar-refractivity contribution in [3.8, 4) is 67.5 Å². The minimum absolute atomic E-state index is 0.0250. The molecule has 0 saturated carbocycles. The van der Waals surface area contributed by atoms with Gasteiger partial charge in [0.15, 0.2) is 0 Å². The van der Waals surface area contributed by atoms with Crippen LogP contribution in [0, 0.1) is 0 Å². The van der Waals surface area contributed by atoms with Crippen LogP contribution in [0.25, 0.3) is 87.6 Å². The van der Waals surface area contributed by atoms with E-state index in [1.165, 1.54) is 71.1 Å². The lowest BCUT2D eigenvalue weighted by Crippen LogP contribution is -2.10. The monoisotopic (exact) mass is 666 g/mol. The average Bonchev–Trinajstić information content (AvgIpc) is 3.17. The Hall–Kier alpha value is -6.38. The van der Waals surface area contributed by atoms with Crippen LogP contribution in [0.5, 0.6) is 23.0 Å². The van der Waals surface area contributed by atoms with Crippen molar-refractivity contribution >= 4 is 43.1 Å². The van der Waals surface area contributed by atoms with Crippen LogP contribution in [-0.4, -0.2) is 0 Å². The first-order chi connectivity index (χ1) is 25.4. The number of rotatable bonds is 2. The van der Waals surface area contributed by atoms with Crippen molar-refractivity contribution in [3.63, 3.8) is 0 Å². The third kappa shape index (κ3) is 4.12. The SMILES string of the molecule is CC(C)(C)c1ccc2c(-c3ccc4c(c3)Oc3cccc5cccc-4c35)c3ccccc3c(-c3ccc4c5c(cccc35)Oc3ccccc3-4)c2c1. The summed E-state index contributed by atoms with van der Waals surface area (Å²) in [7, 11) is 0. The molecule has 2 nitrogen and oxygen atoms in total. The predicted molar refractivity (Wildman–Crippen MR) is 217 cm³/mol. The number of benzene rings is 9. The predicted octanol–water partition coefficient (Wildman–Crippen LogP) is 14.5. The number of fused-ring (bicyclic) bond motifs is 6. The minimum atomic E-state index is -0.0250. The van der Waals surface area contributed by atoms with Gasteiger partial charge in [-0.25, -0.2) is 0 Å². The third-order valence-electron chi connectivity index (χ3n) is 11.2. The number of para-hydroxylation sites is 1. The lowest BCUT2D eigenvalue weighted by atomic mass is 9.80. The van der Waals surface area contributed by atoms with Gasteiger partial charge in [-0.05, 0) is 113 Å². The second-order valence-corrected chi connectivity index (χ2v) is 15.2. The summed E-state index contributed by atoms with van der Waals surface area (Å²) in [5, 5.41) is 9.64. The molecule has 9 aromatic carbocycles. The third-order valence-corrected chi connectivity index (χ3v) is 11.2. The van der Waals surface area contributed by atoms with Crippen LogP contribution in [0.4, 0.5) is 0 Å². The Morgan fingerprint density at radius 3 is 1.79 bits per heavy atom. The highest BCUT2D eigenvalue weighted by molar-refractivity contribution is 6.25. The van der Waals surface area contributed by atoms with Gasteiger partial charge in [0.1, 0.15) is 23.0 Å². The molecule has 0 N–H and O–H groups in total. The molecule has 11 rings (SSSR count). The fourth-order valence-electron chi connectivity index (χ4n) is 8.76. The first-order valence-electron chi connectivity index (χ1n) is 18.1. The van der Waals surface area contributed by atoms with Crippen LogP contribution < -0.4 is 9.47 Å². The Labute approximate surface area is 302 Å². The molecule has 2 aliphatic rings. The number of hydrogen-bond donors (Lipinski definition) is 0.